The highest BCUT2D eigenvalue weighted by atomic mass is 19.1. The maximum absolute atomic E-state index is 13.0. The third kappa shape index (κ3) is 3.39. The lowest BCUT2D eigenvalue weighted by Crippen LogP contribution is -2.12. The van der Waals surface area contributed by atoms with Gasteiger partial charge in [0.15, 0.2) is 11.5 Å². The van der Waals surface area contributed by atoms with E-state index >= 15 is 0 Å². The van der Waals surface area contributed by atoms with Gasteiger partial charge in [-0.15, -0.1) is 10.2 Å². The summed E-state index contributed by atoms with van der Waals surface area (Å²) in [6.45, 7) is 1.54. The Hall–Kier alpha value is -3.81. The van der Waals surface area contributed by atoms with Gasteiger partial charge in [-0.2, -0.15) is 0 Å². The number of carbonyl (C=O) groups is 1. The van der Waals surface area contributed by atoms with Gasteiger partial charge in [0.25, 0.3) is 5.89 Å². The van der Waals surface area contributed by atoms with Gasteiger partial charge in [0.05, 0.1) is 5.39 Å². The Balaban J connectivity index is 1.54. The van der Waals surface area contributed by atoms with Crippen LogP contribution in [0.5, 0.6) is 0 Å². The molecule has 8 heteroatoms. The Morgan fingerprint density at radius 3 is 2.61 bits per heavy atom. The highest BCUT2D eigenvalue weighted by Crippen LogP contribution is 2.23. The number of rotatable bonds is 4. The minimum atomic E-state index is -0.883. The second-order valence-electron chi connectivity index (χ2n) is 5.97. The number of carbonyl (C=O) groups excluding carboxylic acids is 1. The van der Waals surface area contributed by atoms with Crippen molar-refractivity contribution in [2.75, 3.05) is 0 Å². The number of para-hydroxylation sites is 1. The van der Waals surface area contributed by atoms with E-state index in [1.807, 2.05) is 0 Å². The smallest absolute Gasteiger partial charge is 0.375 e. The van der Waals surface area contributed by atoms with E-state index in [4.69, 9.17) is 13.6 Å². The summed E-state index contributed by atoms with van der Waals surface area (Å²) in [6, 6.07) is 13.2. The Morgan fingerprint density at radius 1 is 1.07 bits per heavy atom. The van der Waals surface area contributed by atoms with E-state index in [9.17, 15) is 14.0 Å². The highest BCUT2D eigenvalue weighted by molar-refractivity contribution is 5.89. The first kappa shape index (κ1) is 17.6. The van der Waals surface area contributed by atoms with Crippen molar-refractivity contribution >= 4 is 16.9 Å². The van der Waals surface area contributed by atoms with Crippen molar-refractivity contribution in [1.82, 2.24) is 10.2 Å². The van der Waals surface area contributed by atoms with Gasteiger partial charge >= 0.3 is 5.97 Å². The number of ether oxygens (including phenoxy) is 1. The molecule has 4 rings (SSSR count). The van der Waals surface area contributed by atoms with Crippen LogP contribution in [0.25, 0.3) is 22.4 Å². The first-order chi connectivity index (χ1) is 13.5. The first-order valence-electron chi connectivity index (χ1n) is 8.34. The average molecular weight is 380 g/mol. The molecular weight excluding hydrogens is 367 g/mol. The monoisotopic (exact) mass is 380 g/mol. The van der Waals surface area contributed by atoms with E-state index in [0.29, 0.717) is 10.9 Å². The van der Waals surface area contributed by atoms with Crippen LogP contribution < -0.4 is 5.43 Å². The van der Waals surface area contributed by atoms with Crippen LogP contribution in [-0.2, 0) is 4.74 Å². The topological polar surface area (TPSA) is 95.4 Å². The third-order valence-electron chi connectivity index (χ3n) is 4.00. The van der Waals surface area contributed by atoms with Crippen molar-refractivity contribution in [3.63, 3.8) is 0 Å². The molecule has 0 amide bonds. The van der Waals surface area contributed by atoms with Gasteiger partial charge in [-0.05, 0) is 43.3 Å². The second-order valence-corrected chi connectivity index (χ2v) is 5.97. The van der Waals surface area contributed by atoms with Crippen LogP contribution in [0.15, 0.2) is 68.2 Å². The molecule has 0 aliphatic rings. The van der Waals surface area contributed by atoms with Crippen LogP contribution in [0, 0.1) is 5.82 Å². The summed E-state index contributed by atoms with van der Waals surface area (Å²) in [5, 5.41) is 8.09. The molecule has 0 N–H and O–H groups in total. The summed E-state index contributed by atoms with van der Waals surface area (Å²) in [4.78, 5) is 24.5. The van der Waals surface area contributed by atoms with Gasteiger partial charge < -0.3 is 13.6 Å². The fourth-order valence-corrected chi connectivity index (χ4v) is 2.58. The molecule has 1 atom stereocenters. The zero-order chi connectivity index (χ0) is 19.7. The van der Waals surface area contributed by atoms with Gasteiger partial charge in [0.2, 0.25) is 11.7 Å². The van der Waals surface area contributed by atoms with Crippen LogP contribution in [0.2, 0.25) is 0 Å². The number of hydrogen-bond donors (Lipinski definition) is 0. The molecule has 0 aliphatic heterocycles. The molecule has 0 bridgehead atoms. The number of hydrogen-bond acceptors (Lipinski definition) is 7. The van der Waals surface area contributed by atoms with Crippen molar-refractivity contribution < 1.29 is 22.8 Å². The van der Waals surface area contributed by atoms with Crippen molar-refractivity contribution in [3.8, 4) is 11.5 Å². The quantitative estimate of drug-likeness (QED) is 0.496. The molecular formula is C20H13FN2O5. The summed E-state index contributed by atoms with van der Waals surface area (Å²) in [5.74, 6) is -1.24. The van der Waals surface area contributed by atoms with Crippen molar-refractivity contribution in [2.24, 2.45) is 0 Å². The predicted molar refractivity (Wildman–Crippen MR) is 96.0 cm³/mol. The van der Waals surface area contributed by atoms with E-state index in [0.717, 1.165) is 6.07 Å². The summed E-state index contributed by atoms with van der Waals surface area (Å²) in [6.07, 6.45) is -0.883. The Morgan fingerprint density at radius 2 is 1.82 bits per heavy atom. The number of benzene rings is 2. The van der Waals surface area contributed by atoms with Crippen LogP contribution in [-0.4, -0.2) is 16.2 Å². The number of fused-ring (bicyclic) bond motifs is 1. The van der Waals surface area contributed by atoms with Gasteiger partial charge in [0.1, 0.15) is 11.4 Å². The third-order valence-corrected chi connectivity index (χ3v) is 4.00. The van der Waals surface area contributed by atoms with E-state index in [2.05, 4.69) is 10.2 Å². The molecule has 0 saturated carbocycles. The number of halogens is 1. The lowest BCUT2D eigenvalue weighted by molar-refractivity contribution is 0.0245. The van der Waals surface area contributed by atoms with Crippen LogP contribution >= 0.6 is 0 Å². The van der Waals surface area contributed by atoms with Gasteiger partial charge in [-0.1, -0.05) is 12.1 Å². The van der Waals surface area contributed by atoms with Crippen molar-refractivity contribution in [2.45, 2.75) is 13.0 Å². The largest absolute Gasteiger partial charge is 0.449 e. The second kappa shape index (κ2) is 7.07. The maximum Gasteiger partial charge on any atom is 0.375 e. The highest BCUT2D eigenvalue weighted by Gasteiger charge is 2.22. The molecule has 140 valence electrons. The fourth-order valence-electron chi connectivity index (χ4n) is 2.58. The predicted octanol–water partition coefficient (Wildman–Crippen LogP) is 3.90. The molecule has 0 fully saturated rings. The number of nitrogens with zero attached hydrogens (tertiary/aromatic N) is 2. The van der Waals surface area contributed by atoms with Gasteiger partial charge in [-0.25, -0.2) is 9.18 Å². The molecule has 2 aromatic heterocycles. The van der Waals surface area contributed by atoms with Crippen LogP contribution in [0.3, 0.4) is 0 Å². The van der Waals surface area contributed by atoms with Crippen molar-refractivity contribution in [3.05, 3.63) is 82.3 Å². The molecule has 4 aromatic rings. The lowest BCUT2D eigenvalue weighted by Gasteiger charge is -2.09. The summed E-state index contributed by atoms with van der Waals surface area (Å²) in [5.41, 5.74) is 0.461. The van der Waals surface area contributed by atoms with E-state index < -0.39 is 12.1 Å². The molecule has 0 saturated heterocycles. The minimum absolute atomic E-state index is 0.0517. The average Bonchev–Trinajstić information content (AvgIpc) is 3.19. The zero-order valence-corrected chi connectivity index (χ0v) is 14.6. The van der Waals surface area contributed by atoms with Crippen LogP contribution in [0.4, 0.5) is 4.39 Å². The Kier molecular flexibility index (Phi) is 4.44. The molecule has 0 spiro atoms. The standard InChI is InChI=1S/C20H13FN2O5/c1-11(18-22-23-19(28-18)12-6-8-13(21)9-7-12)26-20(25)17-10-15(24)14-4-2-3-5-16(14)27-17/h2-11H,1H3/t11-/m1/s1. The molecule has 2 heterocycles. The van der Waals surface area contributed by atoms with Gasteiger partial charge in [-0.3, -0.25) is 4.79 Å². The van der Waals surface area contributed by atoms with E-state index in [1.54, 1.807) is 31.2 Å². The molecule has 2 aromatic carbocycles. The normalized spacial score (nSPS) is 12.1. The first-order valence-corrected chi connectivity index (χ1v) is 8.34. The number of aromatic nitrogens is 2. The lowest BCUT2D eigenvalue weighted by atomic mass is 10.2. The summed E-state index contributed by atoms with van der Waals surface area (Å²) in [7, 11) is 0. The zero-order valence-electron chi connectivity index (χ0n) is 14.6. The number of esters is 1. The van der Waals surface area contributed by atoms with Crippen LogP contribution in [0.1, 0.15) is 29.5 Å². The molecule has 0 radical (unpaired) electrons. The van der Waals surface area contributed by atoms with Crippen molar-refractivity contribution in [1.29, 1.82) is 0 Å². The fraction of sp³-hybridized carbons (Fsp3) is 0.100. The summed E-state index contributed by atoms with van der Waals surface area (Å²) < 4.78 is 29.2. The molecule has 0 unspecified atom stereocenters. The molecule has 7 nitrogen and oxygen atoms in total. The maximum atomic E-state index is 13.0. The van der Waals surface area contributed by atoms with E-state index in [1.165, 1.54) is 24.3 Å². The van der Waals surface area contributed by atoms with E-state index in [-0.39, 0.29) is 34.4 Å². The molecule has 0 aliphatic carbocycles. The minimum Gasteiger partial charge on any atom is -0.449 e. The Labute approximate surface area is 157 Å². The SMILES string of the molecule is C[C@@H](OC(=O)c1cc(=O)c2ccccc2o1)c1nnc(-c2ccc(F)cc2)o1. The summed E-state index contributed by atoms with van der Waals surface area (Å²) >= 11 is 0. The Bertz CT molecular complexity index is 1210. The van der Waals surface area contributed by atoms with Gasteiger partial charge in [0, 0.05) is 11.6 Å². The molecule has 28 heavy (non-hydrogen) atoms.